The lowest BCUT2D eigenvalue weighted by Gasteiger charge is -2.24. The standard InChI is InChI=1S/C20H27N3O5S/c1-20(2)16(19(26)27-3)23-18(29-20)15(17(25)21-12-9-10-12)22-14(24)11-28-13-7-5-4-6-8-13/h4-8,12,15-16,18,23H,9-11H2,1-3H3,(H,21,25)(H,22,24)/t15-,16?,18+/m0/s1. The molecule has 0 aromatic heterocycles. The van der Waals surface area contributed by atoms with Gasteiger partial charge in [-0.2, -0.15) is 0 Å². The number of amides is 2. The van der Waals surface area contributed by atoms with Gasteiger partial charge in [0, 0.05) is 10.8 Å². The second-order valence-electron chi connectivity index (χ2n) is 7.69. The predicted octanol–water partition coefficient (Wildman–Crippen LogP) is 0.812. The van der Waals surface area contributed by atoms with Crippen molar-refractivity contribution in [2.45, 2.75) is 54.9 Å². The van der Waals surface area contributed by atoms with Crippen LogP contribution in [0.1, 0.15) is 26.7 Å². The van der Waals surface area contributed by atoms with Crippen LogP contribution in [0.5, 0.6) is 5.75 Å². The summed E-state index contributed by atoms with van der Waals surface area (Å²) in [6.45, 7) is 3.60. The van der Waals surface area contributed by atoms with E-state index in [0.29, 0.717) is 5.75 Å². The Morgan fingerprint density at radius 2 is 1.93 bits per heavy atom. The fourth-order valence-corrected chi connectivity index (χ4v) is 4.59. The molecule has 2 fully saturated rings. The molecule has 1 aliphatic heterocycles. The third kappa shape index (κ3) is 5.63. The summed E-state index contributed by atoms with van der Waals surface area (Å²) in [5.74, 6) is -0.509. The van der Waals surface area contributed by atoms with Gasteiger partial charge >= 0.3 is 5.97 Å². The van der Waals surface area contributed by atoms with Gasteiger partial charge in [-0.15, -0.1) is 11.8 Å². The van der Waals surface area contributed by atoms with Gasteiger partial charge in [0.2, 0.25) is 5.91 Å². The molecular weight excluding hydrogens is 394 g/mol. The van der Waals surface area contributed by atoms with Gasteiger partial charge in [0.15, 0.2) is 6.61 Å². The van der Waals surface area contributed by atoms with Crippen molar-refractivity contribution in [3.63, 3.8) is 0 Å². The second-order valence-corrected chi connectivity index (χ2v) is 9.49. The molecule has 0 bridgehead atoms. The first-order chi connectivity index (χ1) is 13.8. The Labute approximate surface area is 174 Å². The van der Waals surface area contributed by atoms with E-state index < -0.39 is 34.1 Å². The van der Waals surface area contributed by atoms with Crippen molar-refractivity contribution in [1.29, 1.82) is 0 Å². The zero-order valence-corrected chi connectivity index (χ0v) is 17.6. The third-order valence-corrected chi connectivity index (χ3v) is 6.34. The summed E-state index contributed by atoms with van der Waals surface area (Å²) in [5, 5.41) is 8.38. The number of benzene rings is 1. The highest BCUT2D eigenvalue weighted by Gasteiger charge is 2.50. The Kier molecular flexibility index (Phi) is 6.69. The Hall–Kier alpha value is -2.26. The van der Waals surface area contributed by atoms with E-state index >= 15 is 0 Å². The number of hydrogen-bond donors (Lipinski definition) is 3. The molecule has 1 aromatic rings. The molecule has 8 nitrogen and oxygen atoms in total. The largest absolute Gasteiger partial charge is 0.484 e. The number of carbonyl (C=O) groups is 3. The van der Waals surface area contributed by atoms with Gasteiger partial charge in [-0.3, -0.25) is 19.7 Å². The minimum absolute atomic E-state index is 0.151. The number of para-hydroxylation sites is 1. The van der Waals surface area contributed by atoms with Crippen LogP contribution in [0.25, 0.3) is 0 Å². The van der Waals surface area contributed by atoms with Crippen LogP contribution in [0.4, 0.5) is 0 Å². The van der Waals surface area contributed by atoms with E-state index in [2.05, 4.69) is 16.0 Å². The molecule has 158 valence electrons. The van der Waals surface area contributed by atoms with Crippen LogP contribution in [0.15, 0.2) is 30.3 Å². The van der Waals surface area contributed by atoms with Crippen LogP contribution in [-0.4, -0.2) is 59.7 Å². The Balaban J connectivity index is 1.66. The van der Waals surface area contributed by atoms with E-state index in [-0.39, 0.29) is 18.6 Å². The van der Waals surface area contributed by atoms with Gasteiger partial charge in [0.05, 0.1) is 12.5 Å². The molecule has 1 saturated heterocycles. The number of carbonyl (C=O) groups excluding carboxylic acids is 3. The van der Waals surface area contributed by atoms with Crippen LogP contribution in [0.3, 0.4) is 0 Å². The lowest BCUT2D eigenvalue weighted by atomic mass is 10.0. The number of rotatable bonds is 8. The summed E-state index contributed by atoms with van der Waals surface area (Å²) in [7, 11) is 1.33. The highest BCUT2D eigenvalue weighted by atomic mass is 32.2. The van der Waals surface area contributed by atoms with E-state index in [1.165, 1.54) is 18.9 Å². The number of thioether (sulfide) groups is 1. The molecule has 3 atom stereocenters. The molecule has 29 heavy (non-hydrogen) atoms. The summed E-state index contributed by atoms with van der Waals surface area (Å²) in [6, 6.07) is 7.70. The van der Waals surface area contributed by atoms with E-state index in [1.54, 1.807) is 12.1 Å². The van der Waals surface area contributed by atoms with Crippen molar-refractivity contribution < 1.29 is 23.9 Å². The molecule has 0 spiro atoms. The molecule has 1 heterocycles. The lowest BCUT2D eigenvalue weighted by molar-refractivity contribution is -0.143. The summed E-state index contributed by atoms with van der Waals surface area (Å²) >= 11 is 1.43. The highest BCUT2D eigenvalue weighted by molar-refractivity contribution is 8.01. The van der Waals surface area contributed by atoms with Gasteiger partial charge in [-0.1, -0.05) is 18.2 Å². The molecule has 1 aromatic carbocycles. The molecule has 0 radical (unpaired) electrons. The van der Waals surface area contributed by atoms with Crippen molar-refractivity contribution in [1.82, 2.24) is 16.0 Å². The average Bonchev–Trinajstić information content (AvgIpc) is 3.45. The Morgan fingerprint density at radius 3 is 2.55 bits per heavy atom. The molecule has 1 saturated carbocycles. The maximum absolute atomic E-state index is 12.8. The maximum Gasteiger partial charge on any atom is 0.324 e. The fraction of sp³-hybridized carbons (Fsp3) is 0.550. The average molecular weight is 422 g/mol. The summed E-state index contributed by atoms with van der Waals surface area (Å²) in [6.07, 6.45) is 1.87. The van der Waals surface area contributed by atoms with Gasteiger partial charge in [0.1, 0.15) is 17.8 Å². The fourth-order valence-electron chi connectivity index (χ4n) is 3.11. The van der Waals surface area contributed by atoms with Crippen molar-refractivity contribution in [2.24, 2.45) is 0 Å². The van der Waals surface area contributed by atoms with Crippen molar-refractivity contribution in [3.8, 4) is 5.75 Å². The van der Waals surface area contributed by atoms with Crippen LogP contribution < -0.4 is 20.7 Å². The number of nitrogens with one attached hydrogen (secondary N) is 3. The first-order valence-electron chi connectivity index (χ1n) is 9.59. The van der Waals surface area contributed by atoms with Crippen molar-refractivity contribution >= 4 is 29.5 Å². The smallest absolute Gasteiger partial charge is 0.324 e. The quantitative estimate of drug-likeness (QED) is 0.534. The molecule has 9 heteroatoms. The van der Waals surface area contributed by atoms with E-state index in [9.17, 15) is 14.4 Å². The molecule has 1 aliphatic carbocycles. The van der Waals surface area contributed by atoms with Crippen LogP contribution in [0, 0.1) is 0 Å². The van der Waals surface area contributed by atoms with Crippen molar-refractivity contribution in [3.05, 3.63) is 30.3 Å². The molecular formula is C20H27N3O5S. The maximum atomic E-state index is 12.8. The molecule has 3 rings (SSSR count). The van der Waals surface area contributed by atoms with Crippen LogP contribution in [-0.2, 0) is 19.1 Å². The van der Waals surface area contributed by atoms with Gasteiger partial charge in [-0.25, -0.2) is 0 Å². The summed E-state index contributed by atoms with van der Waals surface area (Å²) < 4.78 is 9.86. The first kappa shape index (κ1) is 21.4. The number of esters is 1. The zero-order valence-electron chi connectivity index (χ0n) is 16.8. The first-order valence-corrected chi connectivity index (χ1v) is 10.5. The zero-order chi connectivity index (χ0) is 21.0. The van der Waals surface area contributed by atoms with Crippen LogP contribution >= 0.6 is 11.8 Å². The Morgan fingerprint density at radius 1 is 1.24 bits per heavy atom. The number of methoxy groups -OCH3 is 1. The van der Waals surface area contributed by atoms with Gasteiger partial charge in [0.25, 0.3) is 5.91 Å². The molecule has 2 amide bonds. The second kappa shape index (κ2) is 9.04. The monoisotopic (exact) mass is 421 g/mol. The summed E-state index contributed by atoms with van der Waals surface area (Å²) in [4.78, 5) is 37.4. The normalized spacial score (nSPS) is 23.7. The van der Waals surface area contributed by atoms with E-state index in [0.717, 1.165) is 12.8 Å². The van der Waals surface area contributed by atoms with Crippen LogP contribution in [0.2, 0.25) is 0 Å². The number of ether oxygens (including phenoxy) is 2. The minimum Gasteiger partial charge on any atom is -0.484 e. The molecule has 2 aliphatic rings. The lowest BCUT2D eigenvalue weighted by Crippen LogP contribution is -2.57. The topological polar surface area (TPSA) is 106 Å². The van der Waals surface area contributed by atoms with E-state index in [1.807, 2.05) is 32.0 Å². The van der Waals surface area contributed by atoms with Crippen molar-refractivity contribution in [2.75, 3.05) is 13.7 Å². The Bertz CT molecular complexity index is 754. The third-order valence-electron chi connectivity index (χ3n) is 4.83. The summed E-state index contributed by atoms with van der Waals surface area (Å²) in [5.41, 5.74) is 0. The SMILES string of the molecule is COC(=O)C1N[C@@H]([C@@H](NC(=O)COc2ccccc2)C(=O)NC2CC2)SC1(C)C. The van der Waals surface area contributed by atoms with Gasteiger partial charge < -0.3 is 20.1 Å². The molecule has 1 unspecified atom stereocenters. The number of hydrogen-bond acceptors (Lipinski definition) is 7. The predicted molar refractivity (Wildman–Crippen MR) is 109 cm³/mol. The highest BCUT2D eigenvalue weighted by Crippen LogP contribution is 2.39. The minimum atomic E-state index is -0.846. The van der Waals surface area contributed by atoms with E-state index in [4.69, 9.17) is 9.47 Å². The molecule has 3 N–H and O–H groups in total. The van der Waals surface area contributed by atoms with Gasteiger partial charge in [-0.05, 0) is 38.8 Å².